The number of hydrogen-bond acceptors (Lipinski definition) is 1. The fourth-order valence-corrected chi connectivity index (χ4v) is 1.59. The molecule has 0 nitrogen and oxygen atoms in total. The van der Waals surface area contributed by atoms with Crippen molar-refractivity contribution in [3.63, 3.8) is 0 Å². The quantitative estimate of drug-likeness (QED) is 0.621. The first kappa shape index (κ1) is 7.55. The molecule has 1 heteroatoms. The lowest BCUT2D eigenvalue weighted by Crippen LogP contribution is -1.79. The first-order valence-electron chi connectivity index (χ1n) is 3.42. The zero-order chi connectivity index (χ0) is 7.40. The highest BCUT2D eigenvalue weighted by molar-refractivity contribution is 7.10. The second-order valence-electron chi connectivity index (χ2n) is 2.17. The fourth-order valence-electron chi connectivity index (χ4n) is 0.907. The van der Waals surface area contributed by atoms with Crippen LogP contribution in [0.3, 0.4) is 0 Å². The highest BCUT2D eigenvalue weighted by Crippen LogP contribution is 2.18. The highest BCUT2D eigenvalue weighted by atomic mass is 32.1. The molecule has 1 aromatic rings. The Balaban J connectivity index is 2.79. The molecule has 0 N–H and O–H groups in total. The van der Waals surface area contributed by atoms with Crippen LogP contribution in [0.25, 0.3) is 6.08 Å². The van der Waals surface area contributed by atoms with E-state index in [9.17, 15) is 0 Å². The molecule has 0 saturated heterocycles. The van der Waals surface area contributed by atoms with Gasteiger partial charge in [-0.15, -0.1) is 11.3 Å². The van der Waals surface area contributed by atoms with Crippen molar-refractivity contribution in [1.82, 2.24) is 0 Å². The molecule has 1 heterocycles. The summed E-state index contributed by atoms with van der Waals surface area (Å²) in [7, 11) is 0. The monoisotopic (exact) mass is 150 g/mol. The Bertz CT molecular complexity index is 210. The van der Waals surface area contributed by atoms with E-state index in [2.05, 4.69) is 12.3 Å². The molecule has 0 fully saturated rings. The van der Waals surface area contributed by atoms with Crippen LogP contribution in [0.15, 0.2) is 6.07 Å². The molecule has 0 saturated carbocycles. The van der Waals surface area contributed by atoms with Crippen molar-refractivity contribution in [2.75, 3.05) is 0 Å². The SMILES string of the molecule is [CH]=Cc1s[c]cc1CCC. The van der Waals surface area contributed by atoms with Gasteiger partial charge in [0, 0.05) is 10.3 Å². The van der Waals surface area contributed by atoms with Crippen LogP contribution in [0, 0.1) is 12.0 Å². The van der Waals surface area contributed by atoms with Crippen molar-refractivity contribution < 1.29 is 0 Å². The van der Waals surface area contributed by atoms with E-state index in [4.69, 9.17) is 6.58 Å². The molecule has 0 aliphatic carbocycles. The van der Waals surface area contributed by atoms with Gasteiger partial charge in [-0.1, -0.05) is 19.9 Å². The molecule has 0 unspecified atom stereocenters. The summed E-state index contributed by atoms with van der Waals surface area (Å²) in [4.78, 5) is 1.17. The van der Waals surface area contributed by atoms with Gasteiger partial charge in [0.05, 0.1) is 0 Å². The van der Waals surface area contributed by atoms with Crippen LogP contribution in [-0.4, -0.2) is 0 Å². The maximum atomic E-state index is 5.39. The van der Waals surface area contributed by atoms with Gasteiger partial charge in [-0.05, 0) is 24.1 Å². The van der Waals surface area contributed by atoms with Crippen LogP contribution in [0.1, 0.15) is 23.8 Å². The minimum Gasteiger partial charge on any atom is -0.135 e. The maximum Gasteiger partial charge on any atom is 0.0452 e. The molecule has 1 aromatic heterocycles. The van der Waals surface area contributed by atoms with E-state index in [1.807, 2.05) is 6.07 Å². The molecule has 0 bridgehead atoms. The summed E-state index contributed by atoms with van der Waals surface area (Å²) < 4.78 is 0. The van der Waals surface area contributed by atoms with Crippen LogP contribution in [0.4, 0.5) is 0 Å². The summed E-state index contributed by atoms with van der Waals surface area (Å²) in [5, 5.41) is 3.06. The molecule has 0 aromatic carbocycles. The summed E-state index contributed by atoms with van der Waals surface area (Å²) in [6.07, 6.45) is 3.95. The van der Waals surface area contributed by atoms with Crippen LogP contribution in [0.2, 0.25) is 0 Å². The summed E-state index contributed by atoms with van der Waals surface area (Å²) in [6, 6.07) is 2.02. The van der Waals surface area contributed by atoms with E-state index in [0.717, 1.165) is 6.42 Å². The van der Waals surface area contributed by atoms with E-state index < -0.39 is 0 Å². The van der Waals surface area contributed by atoms with Gasteiger partial charge in [0.15, 0.2) is 0 Å². The molecule has 10 heavy (non-hydrogen) atoms. The van der Waals surface area contributed by atoms with Gasteiger partial charge in [-0.2, -0.15) is 0 Å². The average Bonchev–Trinajstić information content (AvgIpc) is 2.36. The molecule has 0 amide bonds. The van der Waals surface area contributed by atoms with Gasteiger partial charge in [0.2, 0.25) is 0 Å². The van der Waals surface area contributed by atoms with E-state index in [-0.39, 0.29) is 0 Å². The summed E-state index contributed by atoms with van der Waals surface area (Å²) in [5.41, 5.74) is 1.33. The lowest BCUT2D eigenvalue weighted by Gasteiger charge is -1.93. The van der Waals surface area contributed by atoms with E-state index >= 15 is 0 Å². The molecule has 1 rings (SSSR count). The number of hydrogen-bond donors (Lipinski definition) is 0. The minimum atomic E-state index is 1.11. The fraction of sp³-hybridized carbons (Fsp3) is 0.333. The summed E-state index contributed by atoms with van der Waals surface area (Å²) in [5.74, 6) is 0. The Labute approximate surface area is 66.2 Å². The molecule has 0 atom stereocenters. The van der Waals surface area contributed by atoms with Crippen LogP contribution in [0.5, 0.6) is 0 Å². The second kappa shape index (κ2) is 3.57. The number of thiophene rings is 1. The predicted octanol–water partition coefficient (Wildman–Crippen LogP) is 2.95. The summed E-state index contributed by atoms with van der Waals surface area (Å²) >= 11 is 1.58. The molecule has 2 radical (unpaired) electrons. The first-order chi connectivity index (χ1) is 4.88. The zero-order valence-corrected chi connectivity index (χ0v) is 6.87. The summed E-state index contributed by atoms with van der Waals surface area (Å²) in [6.45, 7) is 7.56. The third-order valence-corrected chi connectivity index (χ3v) is 2.24. The largest absolute Gasteiger partial charge is 0.135 e. The average molecular weight is 150 g/mol. The van der Waals surface area contributed by atoms with Gasteiger partial charge in [0.1, 0.15) is 0 Å². The number of aryl methyl sites for hydroxylation is 1. The topological polar surface area (TPSA) is 0 Å². The lowest BCUT2D eigenvalue weighted by atomic mass is 10.1. The Morgan fingerprint density at radius 1 is 1.80 bits per heavy atom. The third kappa shape index (κ3) is 1.48. The van der Waals surface area contributed by atoms with Crippen molar-refractivity contribution in [3.05, 3.63) is 28.5 Å². The van der Waals surface area contributed by atoms with Crippen LogP contribution < -0.4 is 0 Å². The zero-order valence-electron chi connectivity index (χ0n) is 6.05. The van der Waals surface area contributed by atoms with Crippen molar-refractivity contribution in [2.24, 2.45) is 0 Å². The van der Waals surface area contributed by atoms with Crippen LogP contribution in [-0.2, 0) is 6.42 Å². The van der Waals surface area contributed by atoms with E-state index in [1.54, 1.807) is 17.4 Å². The first-order valence-corrected chi connectivity index (χ1v) is 4.23. The van der Waals surface area contributed by atoms with Gasteiger partial charge in [0.25, 0.3) is 0 Å². The smallest absolute Gasteiger partial charge is 0.0452 e. The Kier molecular flexibility index (Phi) is 2.69. The Morgan fingerprint density at radius 3 is 3.20 bits per heavy atom. The van der Waals surface area contributed by atoms with Crippen molar-refractivity contribution in [2.45, 2.75) is 19.8 Å². The number of rotatable bonds is 3. The van der Waals surface area contributed by atoms with Crippen LogP contribution >= 0.6 is 11.3 Å². The lowest BCUT2D eigenvalue weighted by molar-refractivity contribution is 0.925. The molecule has 0 aliphatic heterocycles. The van der Waals surface area contributed by atoms with Crippen molar-refractivity contribution in [3.8, 4) is 0 Å². The van der Waals surface area contributed by atoms with Gasteiger partial charge < -0.3 is 0 Å². The molecular weight excluding hydrogens is 140 g/mol. The third-order valence-electron chi connectivity index (χ3n) is 1.39. The predicted molar refractivity (Wildman–Crippen MR) is 45.9 cm³/mol. The minimum absolute atomic E-state index is 1.11. The molecule has 0 spiro atoms. The maximum absolute atomic E-state index is 5.39. The molecular formula is C9H10S. The molecule has 0 aliphatic rings. The Hall–Kier alpha value is -0.560. The van der Waals surface area contributed by atoms with Gasteiger partial charge >= 0.3 is 0 Å². The Morgan fingerprint density at radius 2 is 2.60 bits per heavy atom. The molecule has 52 valence electrons. The van der Waals surface area contributed by atoms with Crippen molar-refractivity contribution >= 4 is 17.4 Å². The second-order valence-corrected chi connectivity index (χ2v) is 3.05. The van der Waals surface area contributed by atoms with Gasteiger partial charge in [-0.25, -0.2) is 0 Å². The van der Waals surface area contributed by atoms with E-state index in [0.29, 0.717) is 0 Å². The van der Waals surface area contributed by atoms with E-state index in [1.165, 1.54) is 16.9 Å². The van der Waals surface area contributed by atoms with Gasteiger partial charge in [-0.3, -0.25) is 0 Å². The normalized spacial score (nSPS) is 9.70. The highest BCUT2D eigenvalue weighted by Gasteiger charge is 1.97. The standard InChI is InChI=1S/C9H10S/c1-3-5-8-6-7-10-9(8)4-2/h2,4,6H,3,5H2,1H3. The van der Waals surface area contributed by atoms with Crippen molar-refractivity contribution in [1.29, 1.82) is 0 Å².